The van der Waals surface area contributed by atoms with Crippen molar-refractivity contribution in [1.29, 1.82) is 0 Å². The Labute approximate surface area is 111 Å². The molecule has 1 unspecified atom stereocenters. The highest BCUT2D eigenvalue weighted by molar-refractivity contribution is 5.78. The van der Waals surface area contributed by atoms with Crippen LogP contribution < -0.4 is 5.32 Å². The minimum absolute atomic E-state index is 0.152. The van der Waals surface area contributed by atoms with Crippen molar-refractivity contribution in [3.05, 3.63) is 0 Å². The maximum absolute atomic E-state index is 11.9. The van der Waals surface area contributed by atoms with E-state index in [2.05, 4.69) is 24.1 Å². The van der Waals surface area contributed by atoms with Crippen LogP contribution in [0.1, 0.15) is 52.4 Å². The first-order valence-corrected chi connectivity index (χ1v) is 7.35. The molecule has 1 atom stereocenters. The smallest absolute Gasteiger partial charge is 0.234 e. The SMILES string of the molecule is CCC(CC)NC(=O)CN1CCCC1CCCO. The molecule has 4 heteroatoms. The molecule has 18 heavy (non-hydrogen) atoms. The van der Waals surface area contributed by atoms with E-state index in [1.165, 1.54) is 6.42 Å². The molecule has 1 aliphatic heterocycles. The average Bonchev–Trinajstić information content (AvgIpc) is 2.80. The second kappa shape index (κ2) is 8.48. The van der Waals surface area contributed by atoms with Gasteiger partial charge in [-0.25, -0.2) is 0 Å². The number of likely N-dealkylation sites (tertiary alicyclic amines) is 1. The zero-order valence-electron chi connectivity index (χ0n) is 11.8. The lowest BCUT2D eigenvalue weighted by atomic mass is 10.1. The van der Waals surface area contributed by atoms with Crippen LogP contribution in [0, 0.1) is 0 Å². The fourth-order valence-electron chi connectivity index (χ4n) is 2.71. The van der Waals surface area contributed by atoms with Crippen molar-refractivity contribution in [1.82, 2.24) is 10.2 Å². The zero-order chi connectivity index (χ0) is 13.4. The van der Waals surface area contributed by atoms with Gasteiger partial charge in [0.25, 0.3) is 0 Å². The summed E-state index contributed by atoms with van der Waals surface area (Å²) in [6.07, 6.45) is 6.18. The quantitative estimate of drug-likeness (QED) is 0.692. The van der Waals surface area contributed by atoms with Gasteiger partial charge in [0.2, 0.25) is 5.91 Å². The van der Waals surface area contributed by atoms with E-state index < -0.39 is 0 Å². The van der Waals surface area contributed by atoms with Crippen molar-refractivity contribution in [2.45, 2.75) is 64.5 Å². The van der Waals surface area contributed by atoms with Crippen LogP contribution in [0.15, 0.2) is 0 Å². The van der Waals surface area contributed by atoms with E-state index in [4.69, 9.17) is 5.11 Å². The summed E-state index contributed by atoms with van der Waals surface area (Å²) in [6, 6.07) is 0.806. The van der Waals surface area contributed by atoms with Crippen molar-refractivity contribution in [3.8, 4) is 0 Å². The van der Waals surface area contributed by atoms with Crippen LogP contribution in [0.2, 0.25) is 0 Å². The molecular weight excluding hydrogens is 228 g/mol. The van der Waals surface area contributed by atoms with Crippen molar-refractivity contribution in [2.24, 2.45) is 0 Å². The number of hydrogen-bond donors (Lipinski definition) is 2. The molecule has 4 nitrogen and oxygen atoms in total. The highest BCUT2D eigenvalue weighted by atomic mass is 16.3. The molecular formula is C14H28N2O2. The molecule has 0 bridgehead atoms. The van der Waals surface area contributed by atoms with Gasteiger partial charge in [0.05, 0.1) is 6.54 Å². The van der Waals surface area contributed by atoms with Crippen LogP contribution in [-0.4, -0.2) is 47.7 Å². The van der Waals surface area contributed by atoms with E-state index >= 15 is 0 Å². The van der Waals surface area contributed by atoms with Crippen LogP contribution in [0.3, 0.4) is 0 Å². The standard InChI is InChI=1S/C14H28N2O2/c1-3-12(4-2)15-14(18)11-16-9-5-7-13(16)8-6-10-17/h12-13,17H,3-11H2,1-2H3,(H,15,18). The summed E-state index contributed by atoms with van der Waals surface area (Å²) in [5.41, 5.74) is 0. The highest BCUT2D eigenvalue weighted by Crippen LogP contribution is 2.20. The van der Waals surface area contributed by atoms with Gasteiger partial charge in [0, 0.05) is 18.7 Å². The van der Waals surface area contributed by atoms with Crippen molar-refractivity contribution in [3.63, 3.8) is 0 Å². The topological polar surface area (TPSA) is 52.6 Å². The Morgan fingerprint density at radius 2 is 2.17 bits per heavy atom. The summed E-state index contributed by atoms with van der Waals surface area (Å²) >= 11 is 0. The van der Waals surface area contributed by atoms with Crippen LogP contribution in [0.5, 0.6) is 0 Å². The number of carbonyl (C=O) groups is 1. The van der Waals surface area contributed by atoms with Crippen molar-refractivity contribution < 1.29 is 9.90 Å². The van der Waals surface area contributed by atoms with Gasteiger partial charge in [0.1, 0.15) is 0 Å². The van der Waals surface area contributed by atoms with Gasteiger partial charge in [-0.3, -0.25) is 9.69 Å². The second-order valence-corrected chi connectivity index (χ2v) is 5.21. The number of nitrogens with one attached hydrogen (secondary N) is 1. The molecule has 0 aromatic carbocycles. The lowest BCUT2D eigenvalue weighted by molar-refractivity contribution is -0.123. The number of rotatable bonds is 8. The van der Waals surface area contributed by atoms with Crippen LogP contribution in [0.4, 0.5) is 0 Å². The summed E-state index contributed by atoms with van der Waals surface area (Å²) in [5.74, 6) is 0.152. The number of hydrogen-bond acceptors (Lipinski definition) is 3. The Morgan fingerprint density at radius 3 is 2.78 bits per heavy atom. The molecule has 0 aromatic heterocycles. The fourth-order valence-corrected chi connectivity index (χ4v) is 2.71. The van der Waals surface area contributed by atoms with Gasteiger partial charge >= 0.3 is 0 Å². The lowest BCUT2D eigenvalue weighted by Gasteiger charge is -2.25. The maximum Gasteiger partial charge on any atom is 0.234 e. The summed E-state index contributed by atoms with van der Waals surface area (Å²) in [6.45, 7) is 6.01. The third-order valence-corrected chi connectivity index (χ3v) is 3.89. The van der Waals surface area contributed by atoms with E-state index in [0.717, 1.165) is 38.6 Å². The van der Waals surface area contributed by atoms with Crippen LogP contribution in [-0.2, 0) is 4.79 Å². The number of nitrogens with zero attached hydrogens (tertiary/aromatic N) is 1. The number of aliphatic hydroxyl groups is 1. The van der Waals surface area contributed by atoms with Gasteiger partial charge in [0.15, 0.2) is 0 Å². The third kappa shape index (κ3) is 4.94. The lowest BCUT2D eigenvalue weighted by Crippen LogP contribution is -2.43. The molecule has 106 valence electrons. The summed E-state index contributed by atoms with van der Waals surface area (Å²) in [5, 5.41) is 12.0. The minimum Gasteiger partial charge on any atom is -0.396 e. The van der Waals surface area contributed by atoms with E-state index in [-0.39, 0.29) is 12.5 Å². The Morgan fingerprint density at radius 1 is 1.44 bits per heavy atom. The first-order valence-electron chi connectivity index (χ1n) is 7.35. The predicted octanol–water partition coefficient (Wildman–Crippen LogP) is 1.53. The largest absolute Gasteiger partial charge is 0.396 e. The fraction of sp³-hybridized carbons (Fsp3) is 0.929. The monoisotopic (exact) mass is 256 g/mol. The Hall–Kier alpha value is -0.610. The molecule has 0 radical (unpaired) electrons. The highest BCUT2D eigenvalue weighted by Gasteiger charge is 2.25. The molecule has 0 aromatic rings. The Balaban J connectivity index is 2.33. The van der Waals surface area contributed by atoms with E-state index in [0.29, 0.717) is 18.6 Å². The van der Waals surface area contributed by atoms with Gasteiger partial charge in [-0.1, -0.05) is 13.8 Å². The molecule has 1 aliphatic rings. The first-order chi connectivity index (χ1) is 8.71. The van der Waals surface area contributed by atoms with E-state index in [1.807, 2.05) is 0 Å². The maximum atomic E-state index is 11.9. The number of aliphatic hydroxyl groups excluding tert-OH is 1. The van der Waals surface area contributed by atoms with Gasteiger partial charge in [-0.05, 0) is 45.1 Å². The molecule has 1 rings (SSSR count). The molecule has 1 heterocycles. The summed E-state index contributed by atoms with van der Waals surface area (Å²) in [4.78, 5) is 14.2. The van der Waals surface area contributed by atoms with Crippen LogP contribution >= 0.6 is 0 Å². The zero-order valence-corrected chi connectivity index (χ0v) is 11.8. The van der Waals surface area contributed by atoms with Crippen molar-refractivity contribution >= 4 is 5.91 Å². The minimum atomic E-state index is 0.152. The van der Waals surface area contributed by atoms with Gasteiger partial charge in [-0.2, -0.15) is 0 Å². The van der Waals surface area contributed by atoms with Gasteiger partial charge in [-0.15, -0.1) is 0 Å². The van der Waals surface area contributed by atoms with E-state index in [9.17, 15) is 4.79 Å². The predicted molar refractivity (Wildman–Crippen MR) is 73.4 cm³/mol. The van der Waals surface area contributed by atoms with Crippen molar-refractivity contribution in [2.75, 3.05) is 19.7 Å². The van der Waals surface area contributed by atoms with E-state index in [1.54, 1.807) is 0 Å². The average molecular weight is 256 g/mol. The number of carbonyl (C=O) groups excluding carboxylic acids is 1. The first kappa shape index (κ1) is 15.4. The molecule has 0 saturated carbocycles. The molecule has 2 N–H and O–H groups in total. The molecule has 1 saturated heterocycles. The summed E-state index contributed by atoms with van der Waals surface area (Å²) < 4.78 is 0. The Kier molecular flexibility index (Phi) is 7.28. The van der Waals surface area contributed by atoms with Crippen LogP contribution in [0.25, 0.3) is 0 Å². The molecule has 0 spiro atoms. The molecule has 1 amide bonds. The second-order valence-electron chi connectivity index (χ2n) is 5.21. The molecule has 1 fully saturated rings. The van der Waals surface area contributed by atoms with Gasteiger partial charge < -0.3 is 10.4 Å². The third-order valence-electron chi connectivity index (χ3n) is 3.89. The normalized spacial score (nSPS) is 20.6. The summed E-state index contributed by atoms with van der Waals surface area (Å²) in [7, 11) is 0. The Bertz CT molecular complexity index is 242. The molecule has 0 aliphatic carbocycles. The number of amides is 1.